The van der Waals surface area contributed by atoms with Crippen molar-refractivity contribution in [2.24, 2.45) is 0 Å². The van der Waals surface area contributed by atoms with Crippen molar-refractivity contribution in [3.8, 4) is 0 Å². The molecule has 0 aromatic heterocycles. The normalized spacial score (nSPS) is 16.1. The lowest BCUT2D eigenvalue weighted by molar-refractivity contribution is -0.465. The van der Waals surface area contributed by atoms with E-state index < -0.39 is 43.9 Å². The zero-order valence-electron chi connectivity index (χ0n) is 10.00. The molecule has 0 saturated heterocycles. The molecule has 0 bridgehead atoms. The Hall–Kier alpha value is -0.820. The van der Waals surface area contributed by atoms with Gasteiger partial charge in [0, 0.05) is 7.11 Å². The first kappa shape index (κ1) is 20.2. The van der Waals surface area contributed by atoms with Crippen LogP contribution in [0.1, 0.15) is 0 Å². The molecule has 128 valence electrons. The molecule has 0 aliphatic heterocycles. The summed E-state index contributed by atoms with van der Waals surface area (Å²) < 4.78 is 133. The minimum atomic E-state index is -6.88. The Kier molecular flexibility index (Phi) is 6.27. The van der Waals surface area contributed by atoms with Gasteiger partial charge in [0.05, 0.1) is 13.2 Å². The van der Waals surface area contributed by atoms with E-state index in [1.807, 2.05) is 0 Å². The summed E-state index contributed by atoms with van der Waals surface area (Å²) >= 11 is 0. The van der Waals surface area contributed by atoms with E-state index in [0.717, 1.165) is 7.11 Å². The Balaban J connectivity index is 4.93. The van der Waals surface area contributed by atoms with Gasteiger partial charge in [0.2, 0.25) is 0 Å². The summed E-state index contributed by atoms with van der Waals surface area (Å²) in [6, 6.07) is 0. The van der Waals surface area contributed by atoms with Crippen molar-refractivity contribution in [3.05, 3.63) is 0 Å². The largest absolute Gasteiger partial charge is 0.462 e. The highest BCUT2D eigenvalue weighted by atomic mass is 19.4. The van der Waals surface area contributed by atoms with Crippen molar-refractivity contribution in [1.29, 1.82) is 0 Å². The molecule has 1 unspecified atom stereocenters. The van der Waals surface area contributed by atoms with E-state index in [-0.39, 0.29) is 0 Å². The van der Waals surface area contributed by atoms with Gasteiger partial charge in [-0.15, -0.1) is 0 Å². The summed E-state index contributed by atoms with van der Waals surface area (Å²) in [6.45, 7) is -1.62. The molecule has 0 radical (unpaired) electrons. The molecule has 13 heteroatoms. The van der Waals surface area contributed by atoms with Crippen LogP contribution in [0.2, 0.25) is 0 Å². The first-order valence-corrected chi connectivity index (χ1v) is 4.84. The van der Waals surface area contributed by atoms with E-state index >= 15 is 0 Å². The standard InChI is InChI=1S/C8H8F10O3/c1-19-2-3-20-5(10,11)4(9)21-8(17,18)6(12,13)7(14,15)16/h4H,2-3H2,1H3. The van der Waals surface area contributed by atoms with Crippen molar-refractivity contribution in [2.75, 3.05) is 20.3 Å². The Morgan fingerprint density at radius 1 is 0.857 bits per heavy atom. The Morgan fingerprint density at radius 2 is 1.33 bits per heavy atom. The number of alkyl halides is 10. The van der Waals surface area contributed by atoms with Crippen LogP contribution in [0.15, 0.2) is 0 Å². The van der Waals surface area contributed by atoms with E-state index in [4.69, 9.17) is 0 Å². The van der Waals surface area contributed by atoms with Crippen molar-refractivity contribution in [2.45, 2.75) is 30.7 Å². The van der Waals surface area contributed by atoms with Gasteiger partial charge >= 0.3 is 24.3 Å². The average molecular weight is 342 g/mol. The highest BCUT2D eigenvalue weighted by Gasteiger charge is 2.76. The molecule has 0 amide bonds. The SMILES string of the molecule is COCCOC(F)(F)C(F)OC(F)(F)C(F)(F)C(F)(F)F. The van der Waals surface area contributed by atoms with Crippen LogP contribution in [0, 0.1) is 0 Å². The zero-order chi connectivity index (χ0) is 17.1. The second-order valence-corrected chi connectivity index (χ2v) is 3.43. The monoisotopic (exact) mass is 342 g/mol. The molecule has 0 aliphatic carbocycles. The summed E-state index contributed by atoms with van der Waals surface area (Å²) in [5.74, 6) is -6.88. The molecule has 21 heavy (non-hydrogen) atoms. The summed E-state index contributed by atoms with van der Waals surface area (Å²) in [5, 5.41) is 0. The first-order valence-electron chi connectivity index (χ1n) is 4.84. The predicted molar refractivity (Wildman–Crippen MR) is 44.7 cm³/mol. The fraction of sp³-hybridized carbons (Fsp3) is 1.00. The maximum absolute atomic E-state index is 12.7. The van der Waals surface area contributed by atoms with Crippen LogP contribution >= 0.6 is 0 Å². The van der Waals surface area contributed by atoms with Gasteiger partial charge in [0.15, 0.2) is 0 Å². The third-order valence-corrected chi connectivity index (χ3v) is 1.82. The van der Waals surface area contributed by atoms with E-state index in [1.165, 1.54) is 0 Å². The molecule has 0 aromatic rings. The van der Waals surface area contributed by atoms with E-state index in [0.29, 0.717) is 0 Å². The van der Waals surface area contributed by atoms with E-state index in [2.05, 4.69) is 14.2 Å². The molecule has 0 fully saturated rings. The number of hydrogen-bond donors (Lipinski definition) is 0. The lowest BCUT2D eigenvalue weighted by Gasteiger charge is -2.30. The second-order valence-electron chi connectivity index (χ2n) is 3.43. The third kappa shape index (κ3) is 4.85. The van der Waals surface area contributed by atoms with Gasteiger partial charge < -0.3 is 9.47 Å². The number of hydrogen-bond acceptors (Lipinski definition) is 3. The molecule has 0 spiro atoms. The summed E-state index contributed by atoms with van der Waals surface area (Å²) in [4.78, 5) is 0. The average Bonchev–Trinajstić information content (AvgIpc) is 2.26. The lowest BCUT2D eigenvalue weighted by Crippen LogP contribution is -2.56. The fourth-order valence-corrected chi connectivity index (χ4v) is 0.764. The molecule has 0 aromatic carbocycles. The number of rotatable bonds is 8. The van der Waals surface area contributed by atoms with E-state index in [1.54, 1.807) is 0 Å². The van der Waals surface area contributed by atoms with Crippen LogP contribution in [0.25, 0.3) is 0 Å². The molecule has 0 aliphatic rings. The molecule has 0 N–H and O–H groups in total. The van der Waals surface area contributed by atoms with E-state index in [9.17, 15) is 43.9 Å². The second kappa shape index (κ2) is 6.52. The summed E-state index contributed by atoms with van der Waals surface area (Å²) in [5.41, 5.74) is 0. The minimum Gasteiger partial charge on any atom is -0.382 e. The van der Waals surface area contributed by atoms with Gasteiger partial charge in [-0.3, -0.25) is 4.74 Å². The highest BCUT2D eigenvalue weighted by molar-refractivity contribution is 4.85. The van der Waals surface area contributed by atoms with Crippen molar-refractivity contribution >= 4 is 0 Å². The Bertz CT molecular complexity index is 329. The first-order chi connectivity index (χ1) is 9.19. The predicted octanol–water partition coefficient (Wildman–Crippen LogP) is 3.34. The number of halogens is 10. The Labute approximate surface area is 110 Å². The van der Waals surface area contributed by atoms with Crippen LogP contribution < -0.4 is 0 Å². The van der Waals surface area contributed by atoms with Crippen LogP contribution in [-0.4, -0.2) is 51.0 Å². The molecule has 0 heterocycles. The molecule has 0 rings (SSSR count). The van der Waals surface area contributed by atoms with Crippen LogP contribution in [0.4, 0.5) is 43.9 Å². The molecular formula is C8H8F10O3. The quantitative estimate of drug-likeness (QED) is 0.500. The molecular weight excluding hydrogens is 334 g/mol. The van der Waals surface area contributed by atoms with Crippen molar-refractivity contribution < 1.29 is 58.1 Å². The maximum atomic E-state index is 12.7. The van der Waals surface area contributed by atoms with Crippen LogP contribution in [-0.2, 0) is 14.2 Å². The summed E-state index contributed by atoms with van der Waals surface area (Å²) in [6.07, 6.45) is -23.2. The topological polar surface area (TPSA) is 27.7 Å². The van der Waals surface area contributed by atoms with Gasteiger partial charge in [-0.1, -0.05) is 0 Å². The lowest BCUT2D eigenvalue weighted by atomic mass is 10.3. The van der Waals surface area contributed by atoms with Crippen molar-refractivity contribution in [1.82, 2.24) is 0 Å². The number of methoxy groups -OCH3 is 1. The zero-order valence-corrected chi connectivity index (χ0v) is 10.00. The van der Waals surface area contributed by atoms with Crippen LogP contribution in [0.3, 0.4) is 0 Å². The maximum Gasteiger partial charge on any atom is 0.462 e. The van der Waals surface area contributed by atoms with Gasteiger partial charge in [-0.05, 0) is 0 Å². The summed E-state index contributed by atoms with van der Waals surface area (Å²) in [7, 11) is 1.00. The number of ether oxygens (including phenoxy) is 3. The van der Waals surface area contributed by atoms with Gasteiger partial charge in [-0.2, -0.15) is 39.5 Å². The molecule has 0 saturated carbocycles. The van der Waals surface area contributed by atoms with Crippen LogP contribution in [0.5, 0.6) is 0 Å². The fourth-order valence-electron chi connectivity index (χ4n) is 0.764. The molecule has 3 nitrogen and oxygen atoms in total. The van der Waals surface area contributed by atoms with Gasteiger partial charge in [0.25, 0.3) is 6.36 Å². The molecule has 1 atom stereocenters. The van der Waals surface area contributed by atoms with Gasteiger partial charge in [-0.25, -0.2) is 4.39 Å². The van der Waals surface area contributed by atoms with Gasteiger partial charge in [0.1, 0.15) is 0 Å². The minimum absolute atomic E-state index is 0.558. The Morgan fingerprint density at radius 3 is 1.71 bits per heavy atom. The highest BCUT2D eigenvalue weighted by Crippen LogP contribution is 2.48. The smallest absolute Gasteiger partial charge is 0.382 e. The third-order valence-electron chi connectivity index (χ3n) is 1.82. The van der Waals surface area contributed by atoms with Crippen molar-refractivity contribution in [3.63, 3.8) is 0 Å².